The maximum absolute atomic E-state index is 12.3. The SMILES string of the molecule is Cc1ccc(C)c(N2N=C(C(=O)OCc3ccccn3)CCC2=O)c1. The smallest absolute Gasteiger partial charge is 0.354 e. The summed E-state index contributed by atoms with van der Waals surface area (Å²) in [5, 5.41) is 5.56. The van der Waals surface area contributed by atoms with Crippen LogP contribution in [0.2, 0.25) is 0 Å². The van der Waals surface area contributed by atoms with Crippen LogP contribution >= 0.6 is 0 Å². The largest absolute Gasteiger partial charge is 0.455 e. The molecule has 1 amide bonds. The summed E-state index contributed by atoms with van der Waals surface area (Å²) in [6, 6.07) is 11.2. The van der Waals surface area contributed by atoms with Gasteiger partial charge in [-0.25, -0.2) is 4.79 Å². The summed E-state index contributed by atoms with van der Waals surface area (Å²) in [5.74, 6) is -0.650. The molecular weight excluding hydrogens is 318 g/mol. The van der Waals surface area contributed by atoms with Gasteiger partial charge < -0.3 is 4.74 Å². The van der Waals surface area contributed by atoms with Gasteiger partial charge in [0.2, 0.25) is 5.91 Å². The van der Waals surface area contributed by atoms with Crippen LogP contribution in [0.25, 0.3) is 0 Å². The van der Waals surface area contributed by atoms with E-state index in [-0.39, 0.29) is 31.1 Å². The number of aromatic nitrogens is 1. The lowest BCUT2D eigenvalue weighted by molar-refractivity contribution is -0.137. The van der Waals surface area contributed by atoms with E-state index in [9.17, 15) is 9.59 Å². The van der Waals surface area contributed by atoms with Gasteiger partial charge in [-0.3, -0.25) is 9.78 Å². The predicted octanol–water partition coefficient (Wildman–Crippen LogP) is 2.92. The maximum atomic E-state index is 12.3. The highest BCUT2D eigenvalue weighted by molar-refractivity contribution is 6.38. The molecule has 3 rings (SSSR count). The summed E-state index contributed by atoms with van der Waals surface area (Å²) in [4.78, 5) is 28.7. The number of aryl methyl sites for hydroxylation is 2. The third kappa shape index (κ3) is 3.91. The minimum absolute atomic E-state index is 0.0795. The molecule has 0 bridgehead atoms. The maximum Gasteiger partial charge on any atom is 0.354 e. The van der Waals surface area contributed by atoms with Gasteiger partial charge in [-0.05, 0) is 43.2 Å². The minimum atomic E-state index is -0.520. The van der Waals surface area contributed by atoms with Gasteiger partial charge in [-0.2, -0.15) is 10.1 Å². The minimum Gasteiger partial charge on any atom is -0.455 e. The van der Waals surface area contributed by atoms with Gasteiger partial charge in [0, 0.05) is 19.0 Å². The quantitative estimate of drug-likeness (QED) is 0.804. The molecule has 0 N–H and O–H groups in total. The Morgan fingerprint density at radius 3 is 2.80 bits per heavy atom. The molecule has 6 nitrogen and oxygen atoms in total. The Morgan fingerprint density at radius 1 is 1.20 bits per heavy atom. The highest BCUT2D eigenvalue weighted by atomic mass is 16.5. The van der Waals surface area contributed by atoms with Crippen LogP contribution < -0.4 is 5.01 Å². The average molecular weight is 337 g/mol. The molecule has 1 aromatic carbocycles. The molecule has 0 radical (unpaired) electrons. The van der Waals surface area contributed by atoms with Crippen LogP contribution in [0.1, 0.15) is 29.7 Å². The van der Waals surface area contributed by atoms with Crippen LogP contribution in [0.4, 0.5) is 5.69 Å². The van der Waals surface area contributed by atoms with Crippen LogP contribution in [0, 0.1) is 13.8 Å². The van der Waals surface area contributed by atoms with Crippen molar-refractivity contribution in [2.45, 2.75) is 33.3 Å². The second-order valence-corrected chi connectivity index (χ2v) is 5.94. The number of hydrogen-bond acceptors (Lipinski definition) is 5. The number of rotatable bonds is 4. The number of carbonyl (C=O) groups is 2. The number of pyridine rings is 1. The van der Waals surface area contributed by atoms with Crippen molar-refractivity contribution in [1.29, 1.82) is 0 Å². The van der Waals surface area contributed by atoms with E-state index in [1.165, 1.54) is 5.01 Å². The number of anilines is 1. The van der Waals surface area contributed by atoms with E-state index in [1.54, 1.807) is 18.3 Å². The van der Waals surface area contributed by atoms with Crippen molar-refractivity contribution in [3.8, 4) is 0 Å². The third-order valence-corrected chi connectivity index (χ3v) is 3.94. The van der Waals surface area contributed by atoms with Crippen LogP contribution in [0.15, 0.2) is 47.7 Å². The molecule has 128 valence electrons. The summed E-state index contributed by atoms with van der Waals surface area (Å²) in [7, 11) is 0. The van der Waals surface area contributed by atoms with Crippen LogP contribution in [-0.4, -0.2) is 22.6 Å². The molecule has 0 saturated heterocycles. The molecule has 1 aliphatic rings. The lowest BCUT2D eigenvalue weighted by Gasteiger charge is -2.24. The number of nitrogens with zero attached hydrogens (tertiary/aromatic N) is 3. The fraction of sp³-hybridized carbons (Fsp3) is 0.263. The molecule has 1 aliphatic heterocycles. The zero-order valence-corrected chi connectivity index (χ0v) is 14.2. The first-order valence-corrected chi connectivity index (χ1v) is 8.09. The zero-order valence-electron chi connectivity index (χ0n) is 14.2. The van der Waals surface area contributed by atoms with Crippen LogP contribution in [-0.2, 0) is 20.9 Å². The molecule has 2 heterocycles. The molecular formula is C19H19N3O3. The normalized spacial score (nSPS) is 14.2. The number of hydrogen-bond donors (Lipinski definition) is 0. The summed E-state index contributed by atoms with van der Waals surface area (Å²) in [6.45, 7) is 3.93. The van der Waals surface area contributed by atoms with Crippen LogP contribution in [0.5, 0.6) is 0 Å². The monoisotopic (exact) mass is 337 g/mol. The van der Waals surface area contributed by atoms with Crippen molar-refractivity contribution >= 4 is 23.3 Å². The number of amides is 1. The summed E-state index contributed by atoms with van der Waals surface area (Å²) in [6.07, 6.45) is 2.15. The van der Waals surface area contributed by atoms with Crippen molar-refractivity contribution in [2.24, 2.45) is 5.10 Å². The molecule has 0 fully saturated rings. The standard InChI is InChI=1S/C19H19N3O3/c1-13-6-7-14(2)17(11-13)22-18(23)9-8-16(21-22)19(24)25-12-15-5-3-4-10-20-15/h3-7,10-11H,8-9,12H2,1-2H3. The van der Waals surface area contributed by atoms with Gasteiger partial charge in [0.05, 0.1) is 11.4 Å². The summed E-state index contributed by atoms with van der Waals surface area (Å²) < 4.78 is 5.27. The van der Waals surface area contributed by atoms with E-state index in [0.717, 1.165) is 11.1 Å². The van der Waals surface area contributed by atoms with Gasteiger partial charge in [-0.1, -0.05) is 18.2 Å². The number of carbonyl (C=O) groups excluding carboxylic acids is 2. The van der Waals surface area contributed by atoms with E-state index < -0.39 is 5.97 Å². The summed E-state index contributed by atoms with van der Waals surface area (Å²) in [5.41, 5.74) is 3.55. The molecule has 0 aliphatic carbocycles. The molecule has 0 spiro atoms. The highest BCUT2D eigenvalue weighted by Gasteiger charge is 2.27. The molecule has 25 heavy (non-hydrogen) atoms. The second-order valence-electron chi connectivity index (χ2n) is 5.94. The number of benzene rings is 1. The lowest BCUT2D eigenvalue weighted by atomic mass is 10.1. The van der Waals surface area contributed by atoms with E-state index >= 15 is 0 Å². The molecule has 1 aromatic heterocycles. The van der Waals surface area contributed by atoms with Gasteiger partial charge in [0.15, 0.2) is 0 Å². The molecule has 0 unspecified atom stereocenters. The Hall–Kier alpha value is -3.02. The second kappa shape index (κ2) is 7.25. The van der Waals surface area contributed by atoms with E-state index in [2.05, 4.69) is 10.1 Å². The lowest BCUT2D eigenvalue weighted by Crippen LogP contribution is -2.35. The Labute approximate surface area is 146 Å². The fourth-order valence-corrected chi connectivity index (χ4v) is 2.54. The Morgan fingerprint density at radius 2 is 2.04 bits per heavy atom. The fourth-order valence-electron chi connectivity index (χ4n) is 2.54. The molecule has 2 aromatic rings. The number of hydrazone groups is 1. The molecule has 6 heteroatoms. The first kappa shape index (κ1) is 16.8. The first-order chi connectivity index (χ1) is 12.0. The Balaban J connectivity index is 1.78. The Kier molecular flexibility index (Phi) is 4.88. The third-order valence-electron chi connectivity index (χ3n) is 3.94. The van der Waals surface area contributed by atoms with Crippen molar-refractivity contribution in [1.82, 2.24) is 4.98 Å². The number of esters is 1. The topological polar surface area (TPSA) is 71.9 Å². The molecule has 0 atom stereocenters. The Bertz CT molecular complexity index is 831. The summed E-state index contributed by atoms with van der Waals surface area (Å²) >= 11 is 0. The predicted molar refractivity (Wildman–Crippen MR) is 94.1 cm³/mol. The van der Waals surface area contributed by atoms with Gasteiger partial charge in [0.1, 0.15) is 12.3 Å². The first-order valence-electron chi connectivity index (χ1n) is 8.09. The van der Waals surface area contributed by atoms with E-state index in [0.29, 0.717) is 11.4 Å². The zero-order chi connectivity index (χ0) is 17.8. The van der Waals surface area contributed by atoms with Crippen molar-refractivity contribution in [2.75, 3.05) is 5.01 Å². The highest BCUT2D eigenvalue weighted by Crippen LogP contribution is 2.25. The van der Waals surface area contributed by atoms with Gasteiger partial charge >= 0.3 is 5.97 Å². The van der Waals surface area contributed by atoms with Gasteiger partial charge in [0.25, 0.3) is 0 Å². The van der Waals surface area contributed by atoms with Crippen molar-refractivity contribution in [3.63, 3.8) is 0 Å². The number of ether oxygens (including phenoxy) is 1. The average Bonchev–Trinajstić information content (AvgIpc) is 2.63. The molecule has 0 saturated carbocycles. The van der Waals surface area contributed by atoms with Crippen LogP contribution in [0.3, 0.4) is 0 Å². The van der Waals surface area contributed by atoms with E-state index in [4.69, 9.17) is 4.74 Å². The van der Waals surface area contributed by atoms with Crippen molar-refractivity contribution in [3.05, 3.63) is 59.4 Å². The van der Waals surface area contributed by atoms with Crippen molar-refractivity contribution < 1.29 is 14.3 Å². The van der Waals surface area contributed by atoms with Gasteiger partial charge in [-0.15, -0.1) is 0 Å². The van der Waals surface area contributed by atoms with E-state index in [1.807, 2.05) is 38.1 Å².